The number of amides is 1. The standard InChI is InChI=1S/C24H30N4O/c29-24(28-14-5-2-6-15-28)19-12-16-27(17-13-19)23-20-10-7-11-21(20)25-22(26-23)18-8-3-1-4-9-18/h1,3-4,8-9,19H,2,5-7,10-17H2. The smallest absolute Gasteiger partial charge is 0.225 e. The van der Waals surface area contributed by atoms with Gasteiger partial charge in [-0.1, -0.05) is 30.3 Å². The minimum absolute atomic E-state index is 0.188. The number of benzene rings is 1. The molecule has 2 fully saturated rings. The number of rotatable bonds is 3. The quantitative estimate of drug-likeness (QED) is 0.798. The average Bonchev–Trinajstić information content (AvgIpc) is 3.28. The fourth-order valence-electron chi connectivity index (χ4n) is 5.10. The lowest BCUT2D eigenvalue weighted by molar-refractivity contribution is -0.137. The molecule has 5 rings (SSSR count). The van der Waals surface area contributed by atoms with E-state index in [1.807, 2.05) is 18.2 Å². The molecule has 29 heavy (non-hydrogen) atoms. The Kier molecular flexibility index (Phi) is 5.21. The predicted octanol–water partition coefficient (Wildman–Crippen LogP) is 3.86. The van der Waals surface area contributed by atoms with Crippen molar-refractivity contribution in [1.82, 2.24) is 14.9 Å². The van der Waals surface area contributed by atoms with Gasteiger partial charge in [0.15, 0.2) is 5.82 Å². The van der Waals surface area contributed by atoms with Crippen LogP contribution in [0, 0.1) is 5.92 Å². The van der Waals surface area contributed by atoms with Crippen molar-refractivity contribution in [2.24, 2.45) is 5.92 Å². The van der Waals surface area contributed by atoms with Gasteiger partial charge in [-0.05, 0) is 51.4 Å². The number of fused-ring (bicyclic) bond motifs is 1. The number of carbonyl (C=O) groups excluding carboxylic acids is 1. The van der Waals surface area contributed by atoms with Crippen LogP contribution in [-0.2, 0) is 17.6 Å². The molecule has 0 unspecified atom stereocenters. The molecule has 2 saturated heterocycles. The van der Waals surface area contributed by atoms with E-state index in [1.54, 1.807) is 0 Å². The van der Waals surface area contributed by atoms with Crippen molar-refractivity contribution in [3.63, 3.8) is 0 Å². The summed E-state index contributed by atoms with van der Waals surface area (Å²) >= 11 is 0. The molecule has 152 valence electrons. The van der Waals surface area contributed by atoms with Gasteiger partial charge in [-0.3, -0.25) is 4.79 Å². The van der Waals surface area contributed by atoms with E-state index in [4.69, 9.17) is 9.97 Å². The highest BCUT2D eigenvalue weighted by atomic mass is 16.2. The van der Waals surface area contributed by atoms with Gasteiger partial charge >= 0.3 is 0 Å². The van der Waals surface area contributed by atoms with Crippen LogP contribution in [0.2, 0.25) is 0 Å². The van der Waals surface area contributed by atoms with Crippen LogP contribution in [0.1, 0.15) is 49.8 Å². The van der Waals surface area contributed by atoms with Crippen LogP contribution in [-0.4, -0.2) is 47.0 Å². The summed E-state index contributed by atoms with van der Waals surface area (Å²) in [7, 11) is 0. The van der Waals surface area contributed by atoms with Crippen LogP contribution in [0.5, 0.6) is 0 Å². The Labute approximate surface area is 173 Å². The van der Waals surface area contributed by atoms with Gasteiger partial charge in [0, 0.05) is 48.9 Å². The van der Waals surface area contributed by atoms with Crippen LogP contribution in [0.3, 0.4) is 0 Å². The molecular weight excluding hydrogens is 360 g/mol. The number of aromatic nitrogens is 2. The SMILES string of the molecule is O=C(C1CCN(c2nc(-c3ccccc3)nc3c2CCC3)CC1)N1CCCCC1. The first-order valence-corrected chi connectivity index (χ1v) is 11.3. The van der Waals surface area contributed by atoms with Gasteiger partial charge in [-0.25, -0.2) is 9.97 Å². The highest BCUT2D eigenvalue weighted by molar-refractivity contribution is 5.79. The van der Waals surface area contributed by atoms with Gasteiger partial charge < -0.3 is 9.80 Å². The second-order valence-electron chi connectivity index (χ2n) is 8.66. The highest BCUT2D eigenvalue weighted by Gasteiger charge is 2.31. The molecule has 0 atom stereocenters. The number of piperidine rings is 2. The molecule has 2 aromatic rings. The van der Waals surface area contributed by atoms with Crippen molar-refractivity contribution in [2.45, 2.75) is 51.4 Å². The Morgan fingerprint density at radius 2 is 1.62 bits per heavy atom. The number of nitrogens with zero attached hydrogens (tertiary/aromatic N) is 4. The number of anilines is 1. The first-order valence-electron chi connectivity index (χ1n) is 11.3. The lowest BCUT2D eigenvalue weighted by Gasteiger charge is -2.36. The number of aryl methyl sites for hydroxylation is 1. The van der Waals surface area contributed by atoms with Gasteiger partial charge in [0.2, 0.25) is 5.91 Å². The highest BCUT2D eigenvalue weighted by Crippen LogP contribution is 2.34. The summed E-state index contributed by atoms with van der Waals surface area (Å²) in [6, 6.07) is 10.3. The van der Waals surface area contributed by atoms with Crippen molar-refractivity contribution in [3.8, 4) is 11.4 Å². The van der Waals surface area contributed by atoms with Crippen LogP contribution < -0.4 is 4.90 Å². The second kappa shape index (κ2) is 8.13. The molecule has 0 spiro atoms. The molecule has 3 aliphatic rings. The molecule has 5 heteroatoms. The zero-order chi connectivity index (χ0) is 19.6. The predicted molar refractivity (Wildman–Crippen MR) is 115 cm³/mol. The Morgan fingerprint density at radius 1 is 0.862 bits per heavy atom. The van der Waals surface area contributed by atoms with E-state index in [9.17, 15) is 4.79 Å². The molecule has 1 aromatic heterocycles. The summed E-state index contributed by atoms with van der Waals surface area (Å²) in [6.07, 6.45) is 8.77. The Bertz CT molecular complexity index is 868. The number of hydrogen-bond donors (Lipinski definition) is 0. The van der Waals surface area contributed by atoms with E-state index in [-0.39, 0.29) is 5.92 Å². The van der Waals surface area contributed by atoms with Crippen LogP contribution in [0.25, 0.3) is 11.4 Å². The minimum Gasteiger partial charge on any atom is -0.356 e. The Balaban J connectivity index is 1.34. The van der Waals surface area contributed by atoms with Crippen molar-refractivity contribution in [2.75, 3.05) is 31.1 Å². The third kappa shape index (κ3) is 3.75. The zero-order valence-electron chi connectivity index (χ0n) is 17.1. The van der Waals surface area contributed by atoms with E-state index >= 15 is 0 Å². The average molecular weight is 391 g/mol. The second-order valence-corrected chi connectivity index (χ2v) is 8.66. The molecular formula is C24H30N4O. The lowest BCUT2D eigenvalue weighted by Crippen LogP contribution is -2.44. The zero-order valence-corrected chi connectivity index (χ0v) is 17.1. The van der Waals surface area contributed by atoms with Crippen LogP contribution >= 0.6 is 0 Å². The van der Waals surface area contributed by atoms with E-state index in [0.717, 1.165) is 69.1 Å². The van der Waals surface area contributed by atoms with E-state index < -0.39 is 0 Å². The summed E-state index contributed by atoms with van der Waals surface area (Å²) in [4.78, 5) is 27.3. The maximum Gasteiger partial charge on any atom is 0.225 e. The van der Waals surface area contributed by atoms with Crippen molar-refractivity contribution < 1.29 is 4.79 Å². The molecule has 1 aliphatic carbocycles. The molecule has 0 N–H and O–H groups in total. The topological polar surface area (TPSA) is 49.3 Å². The first-order chi connectivity index (χ1) is 14.3. The molecule has 0 saturated carbocycles. The monoisotopic (exact) mass is 390 g/mol. The largest absolute Gasteiger partial charge is 0.356 e. The molecule has 2 aliphatic heterocycles. The van der Waals surface area contributed by atoms with Gasteiger partial charge in [0.05, 0.1) is 0 Å². The summed E-state index contributed by atoms with van der Waals surface area (Å²) in [5.41, 5.74) is 3.64. The molecule has 5 nitrogen and oxygen atoms in total. The third-order valence-corrected chi connectivity index (χ3v) is 6.75. The minimum atomic E-state index is 0.188. The van der Waals surface area contributed by atoms with E-state index in [0.29, 0.717) is 5.91 Å². The summed E-state index contributed by atoms with van der Waals surface area (Å²) in [5, 5.41) is 0. The molecule has 1 amide bonds. The molecule has 3 heterocycles. The van der Waals surface area contributed by atoms with Crippen molar-refractivity contribution in [3.05, 3.63) is 41.6 Å². The summed E-state index contributed by atoms with van der Waals surface area (Å²) in [6.45, 7) is 3.75. The van der Waals surface area contributed by atoms with Crippen molar-refractivity contribution in [1.29, 1.82) is 0 Å². The Morgan fingerprint density at radius 3 is 2.38 bits per heavy atom. The Hall–Kier alpha value is -2.43. The van der Waals surface area contributed by atoms with E-state index in [2.05, 4.69) is 21.9 Å². The van der Waals surface area contributed by atoms with Gasteiger partial charge in [0.25, 0.3) is 0 Å². The van der Waals surface area contributed by atoms with Gasteiger partial charge in [-0.2, -0.15) is 0 Å². The molecule has 0 bridgehead atoms. The van der Waals surface area contributed by atoms with Crippen LogP contribution in [0.4, 0.5) is 5.82 Å². The maximum atomic E-state index is 12.9. The lowest BCUT2D eigenvalue weighted by atomic mass is 9.94. The third-order valence-electron chi connectivity index (χ3n) is 6.75. The number of carbonyl (C=O) groups is 1. The normalized spacial score (nSPS) is 20.0. The van der Waals surface area contributed by atoms with Gasteiger partial charge in [-0.15, -0.1) is 0 Å². The number of hydrogen-bond acceptors (Lipinski definition) is 4. The van der Waals surface area contributed by atoms with E-state index in [1.165, 1.54) is 36.9 Å². The summed E-state index contributed by atoms with van der Waals surface area (Å²) < 4.78 is 0. The molecule has 0 radical (unpaired) electrons. The molecule has 1 aromatic carbocycles. The van der Waals surface area contributed by atoms with Crippen molar-refractivity contribution >= 4 is 11.7 Å². The van der Waals surface area contributed by atoms with Crippen LogP contribution in [0.15, 0.2) is 30.3 Å². The number of likely N-dealkylation sites (tertiary alicyclic amines) is 1. The van der Waals surface area contributed by atoms with Gasteiger partial charge in [0.1, 0.15) is 5.82 Å². The maximum absolute atomic E-state index is 12.9. The fourth-order valence-corrected chi connectivity index (χ4v) is 5.10. The fraction of sp³-hybridized carbons (Fsp3) is 0.542. The first kappa shape index (κ1) is 18.6. The summed E-state index contributed by atoms with van der Waals surface area (Å²) in [5.74, 6) is 2.54.